The topological polar surface area (TPSA) is 85.2 Å². The first-order chi connectivity index (χ1) is 9.54. The fourth-order valence-corrected chi connectivity index (χ4v) is 2.84. The van der Waals surface area contributed by atoms with Gasteiger partial charge in [-0.3, -0.25) is 0 Å². The third kappa shape index (κ3) is 2.29. The van der Waals surface area contributed by atoms with E-state index < -0.39 is 0 Å². The van der Waals surface area contributed by atoms with Crippen molar-refractivity contribution in [2.75, 3.05) is 0 Å². The van der Waals surface area contributed by atoms with E-state index in [0.29, 0.717) is 17.5 Å². The van der Waals surface area contributed by atoms with Crippen molar-refractivity contribution < 1.29 is 9.63 Å². The number of nitrogens with zero attached hydrogens (tertiary/aromatic N) is 2. The number of phenolic OH excluding ortho intramolecular Hbond substituents is 1. The van der Waals surface area contributed by atoms with Gasteiger partial charge in [-0.25, -0.2) is 0 Å². The van der Waals surface area contributed by atoms with Gasteiger partial charge in [0.2, 0.25) is 11.7 Å². The van der Waals surface area contributed by atoms with E-state index in [1.807, 2.05) is 26.0 Å². The van der Waals surface area contributed by atoms with Crippen molar-refractivity contribution >= 4 is 0 Å². The van der Waals surface area contributed by atoms with Crippen LogP contribution >= 0.6 is 0 Å². The van der Waals surface area contributed by atoms with E-state index in [0.717, 1.165) is 36.0 Å². The molecule has 1 aliphatic rings. The molecule has 0 radical (unpaired) electrons. The summed E-state index contributed by atoms with van der Waals surface area (Å²) in [5.74, 6) is 1.85. The molecule has 0 unspecified atom stereocenters. The number of aromatic hydroxyl groups is 1. The monoisotopic (exact) mass is 273 g/mol. The molecule has 1 saturated carbocycles. The van der Waals surface area contributed by atoms with Crippen LogP contribution in [0.5, 0.6) is 5.75 Å². The van der Waals surface area contributed by atoms with Crippen LogP contribution in [0.15, 0.2) is 16.7 Å². The highest BCUT2D eigenvalue weighted by Gasteiger charge is 2.28. The largest absolute Gasteiger partial charge is 0.507 e. The third-order valence-electron chi connectivity index (χ3n) is 4.01. The van der Waals surface area contributed by atoms with E-state index in [-0.39, 0.29) is 12.0 Å². The molecular weight excluding hydrogens is 254 g/mol. The van der Waals surface area contributed by atoms with Crippen LogP contribution < -0.4 is 5.73 Å². The van der Waals surface area contributed by atoms with Gasteiger partial charge in [-0.05, 0) is 56.4 Å². The number of hydrogen-bond donors (Lipinski definition) is 2. The Kier molecular flexibility index (Phi) is 3.22. The summed E-state index contributed by atoms with van der Waals surface area (Å²) in [6.07, 6.45) is 2.94. The number of aromatic nitrogens is 2. The average Bonchev–Trinajstić information content (AvgIpc) is 3.03. The minimum absolute atomic E-state index is 0.244. The Labute approximate surface area is 117 Å². The molecular formula is C15H19N3O2. The van der Waals surface area contributed by atoms with Gasteiger partial charge in [0.25, 0.3) is 0 Å². The lowest BCUT2D eigenvalue weighted by Gasteiger charge is -2.05. The summed E-state index contributed by atoms with van der Waals surface area (Å²) < 4.78 is 5.38. The second kappa shape index (κ2) is 4.90. The zero-order valence-corrected chi connectivity index (χ0v) is 11.8. The number of phenols is 1. The molecule has 3 rings (SSSR count). The molecule has 1 aromatic carbocycles. The Balaban J connectivity index is 1.90. The fraction of sp³-hybridized carbons (Fsp3) is 0.467. The molecule has 5 nitrogen and oxygen atoms in total. The van der Waals surface area contributed by atoms with Gasteiger partial charge >= 0.3 is 0 Å². The van der Waals surface area contributed by atoms with Gasteiger partial charge in [0.1, 0.15) is 5.75 Å². The Morgan fingerprint density at radius 1 is 1.25 bits per heavy atom. The van der Waals surface area contributed by atoms with E-state index in [4.69, 9.17) is 10.3 Å². The van der Waals surface area contributed by atoms with Crippen molar-refractivity contribution in [2.45, 2.75) is 45.1 Å². The zero-order valence-electron chi connectivity index (χ0n) is 11.8. The maximum atomic E-state index is 9.81. The average molecular weight is 273 g/mol. The lowest BCUT2D eigenvalue weighted by atomic mass is 10.1. The molecule has 0 saturated heterocycles. The minimum Gasteiger partial charge on any atom is -0.507 e. The Morgan fingerprint density at radius 2 is 1.95 bits per heavy atom. The molecule has 1 fully saturated rings. The number of rotatable bonds is 2. The molecule has 5 heteroatoms. The first-order valence-electron chi connectivity index (χ1n) is 6.94. The summed E-state index contributed by atoms with van der Waals surface area (Å²) >= 11 is 0. The van der Waals surface area contributed by atoms with E-state index in [2.05, 4.69) is 10.1 Å². The predicted molar refractivity (Wildman–Crippen MR) is 75.4 cm³/mol. The van der Waals surface area contributed by atoms with Crippen LogP contribution in [0, 0.1) is 13.8 Å². The van der Waals surface area contributed by atoms with Crippen molar-refractivity contribution in [1.82, 2.24) is 10.1 Å². The van der Waals surface area contributed by atoms with Gasteiger partial charge in [-0.2, -0.15) is 4.98 Å². The number of hydrogen-bond acceptors (Lipinski definition) is 5. The van der Waals surface area contributed by atoms with Crippen molar-refractivity contribution in [2.24, 2.45) is 5.73 Å². The van der Waals surface area contributed by atoms with Crippen molar-refractivity contribution in [3.8, 4) is 17.1 Å². The maximum absolute atomic E-state index is 9.81. The number of benzene rings is 1. The standard InChI is InChI=1S/C15H19N3O2/c1-8-5-11(6-9(2)13(8)19)14-17-15(20-18-14)10-3-4-12(16)7-10/h5-6,10,12,19H,3-4,7,16H2,1-2H3/t10-,12+/m1/s1. The van der Waals surface area contributed by atoms with Gasteiger partial charge in [0.15, 0.2) is 0 Å². The van der Waals surface area contributed by atoms with Crippen molar-refractivity contribution in [3.63, 3.8) is 0 Å². The van der Waals surface area contributed by atoms with Gasteiger partial charge in [-0.15, -0.1) is 0 Å². The molecule has 0 aliphatic heterocycles. The molecule has 3 N–H and O–H groups in total. The fourth-order valence-electron chi connectivity index (χ4n) is 2.84. The Morgan fingerprint density at radius 3 is 2.55 bits per heavy atom. The molecule has 1 aromatic heterocycles. The highest BCUT2D eigenvalue weighted by atomic mass is 16.5. The van der Waals surface area contributed by atoms with Gasteiger partial charge < -0.3 is 15.4 Å². The molecule has 2 aromatic rings. The van der Waals surface area contributed by atoms with Gasteiger partial charge in [0, 0.05) is 17.5 Å². The highest BCUT2D eigenvalue weighted by molar-refractivity contribution is 5.60. The smallest absolute Gasteiger partial charge is 0.230 e. The lowest BCUT2D eigenvalue weighted by molar-refractivity contribution is 0.353. The molecule has 2 atom stereocenters. The predicted octanol–water partition coefficient (Wildman–Crippen LogP) is 2.65. The van der Waals surface area contributed by atoms with Gasteiger partial charge in [-0.1, -0.05) is 5.16 Å². The molecule has 106 valence electrons. The lowest BCUT2D eigenvalue weighted by Crippen LogP contribution is -2.14. The van der Waals surface area contributed by atoms with Crippen LogP contribution in [-0.4, -0.2) is 21.3 Å². The highest BCUT2D eigenvalue weighted by Crippen LogP contribution is 2.34. The first kappa shape index (κ1) is 13.1. The second-order valence-electron chi connectivity index (χ2n) is 5.68. The van der Waals surface area contributed by atoms with Crippen LogP contribution in [0.4, 0.5) is 0 Å². The van der Waals surface area contributed by atoms with Crippen LogP contribution in [0.25, 0.3) is 11.4 Å². The molecule has 20 heavy (non-hydrogen) atoms. The summed E-state index contributed by atoms with van der Waals surface area (Å²) in [4.78, 5) is 4.49. The van der Waals surface area contributed by atoms with Crippen molar-refractivity contribution in [3.05, 3.63) is 29.2 Å². The number of aryl methyl sites for hydroxylation is 2. The Bertz CT molecular complexity index is 613. The maximum Gasteiger partial charge on any atom is 0.230 e. The zero-order chi connectivity index (χ0) is 14.3. The van der Waals surface area contributed by atoms with E-state index in [1.165, 1.54) is 0 Å². The molecule has 0 bridgehead atoms. The van der Waals surface area contributed by atoms with Gasteiger partial charge in [0.05, 0.1) is 0 Å². The third-order valence-corrected chi connectivity index (χ3v) is 4.01. The van der Waals surface area contributed by atoms with Crippen LogP contribution in [-0.2, 0) is 0 Å². The number of nitrogens with two attached hydrogens (primary N) is 1. The van der Waals surface area contributed by atoms with Crippen molar-refractivity contribution in [1.29, 1.82) is 0 Å². The van der Waals surface area contributed by atoms with Crippen LogP contribution in [0.2, 0.25) is 0 Å². The minimum atomic E-state index is 0.244. The quantitative estimate of drug-likeness (QED) is 0.878. The summed E-state index contributed by atoms with van der Waals surface area (Å²) in [7, 11) is 0. The summed E-state index contributed by atoms with van der Waals surface area (Å²) in [6.45, 7) is 3.73. The molecule has 0 spiro atoms. The molecule has 0 amide bonds. The van der Waals surface area contributed by atoms with E-state index in [1.54, 1.807) is 0 Å². The Hall–Kier alpha value is -1.88. The summed E-state index contributed by atoms with van der Waals surface area (Å²) in [5.41, 5.74) is 8.42. The van der Waals surface area contributed by atoms with E-state index >= 15 is 0 Å². The molecule has 1 aliphatic carbocycles. The van der Waals surface area contributed by atoms with Crippen LogP contribution in [0.3, 0.4) is 0 Å². The normalized spacial score (nSPS) is 22.4. The summed E-state index contributed by atoms with van der Waals surface area (Å²) in [6, 6.07) is 3.99. The summed E-state index contributed by atoms with van der Waals surface area (Å²) in [5, 5.41) is 13.9. The first-order valence-corrected chi connectivity index (χ1v) is 6.94. The SMILES string of the molecule is Cc1cc(-c2noc([C@@H]3CC[C@H](N)C3)n2)cc(C)c1O. The second-order valence-corrected chi connectivity index (χ2v) is 5.68. The van der Waals surface area contributed by atoms with Crippen LogP contribution in [0.1, 0.15) is 42.2 Å². The molecule has 1 heterocycles. The van der Waals surface area contributed by atoms with E-state index in [9.17, 15) is 5.11 Å².